The summed E-state index contributed by atoms with van der Waals surface area (Å²) in [5.41, 5.74) is 2.14. The van der Waals surface area contributed by atoms with Gasteiger partial charge in [-0.1, -0.05) is 0 Å². The van der Waals surface area contributed by atoms with Crippen LogP contribution in [0.1, 0.15) is 30.4 Å². The molecule has 0 N–H and O–H groups in total. The summed E-state index contributed by atoms with van der Waals surface area (Å²) in [5, 5.41) is 0.950. The van der Waals surface area contributed by atoms with Crippen LogP contribution in [0.15, 0.2) is 27.4 Å². The number of likely N-dealkylation sites (tertiary alicyclic amines) is 1. The van der Waals surface area contributed by atoms with Crippen molar-refractivity contribution in [1.82, 2.24) is 9.80 Å². The van der Waals surface area contributed by atoms with Crippen LogP contribution in [-0.4, -0.2) is 42.1 Å². The molecule has 6 nitrogen and oxygen atoms in total. The number of ether oxygens (including phenoxy) is 1. The Morgan fingerprint density at radius 3 is 2.88 bits per heavy atom. The van der Waals surface area contributed by atoms with Gasteiger partial charge in [0.25, 0.3) is 0 Å². The Bertz CT molecular complexity index is 874. The van der Waals surface area contributed by atoms with Crippen molar-refractivity contribution in [2.45, 2.75) is 32.7 Å². The second-order valence-corrected chi connectivity index (χ2v) is 6.83. The smallest absolute Gasteiger partial charge is 0.336 e. The molecule has 6 heteroatoms. The van der Waals surface area contributed by atoms with Crippen LogP contribution in [0.4, 0.5) is 0 Å². The molecule has 1 amide bonds. The molecule has 2 aliphatic heterocycles. The number of nitrogens with zero attached hydrogens (tertiary/aromatic N) is 2. The molecule has 1 fully saturated rings. The normalized spacial score (nSPS) is 17.8. The highest BCUT2D eigenvalue weighted by Gasteiger charge is 2.23. The van der Waals surface area contributed by atoms with E-state index >= 15 is 0 Å². The zero-order valence-corrected chi connectivity index (χ0v) is 14.4. The molecule has 0 spiro atoms. The molecule has 0 unspecified atom stereocenters. The Hall–Kier alpha value is -2.34. The predicted octanol–water partition coefficient (Wildman–Crippen LogP) is 2.27. The molecule has 132 valence electrons. The Morgan fingerprint density at radius 1 is 1.20 bits per heavy atom. The van der Waals surface area contributed by atoms with E-state index < -0.39 is 0 Å². The number of hydrogen-bond acceptors (Lipinski definition) is 5. The summed E-state index contributed by atoms with van der Waals surface area (Å²) in [6.45, 7) is 5.64. The SMILES string of the molecule is Cc1cc(=O)oc2c3c(ccc12)OCN(CCCN1CCCC1=O)C3. The van der Waals surface area contributed by atoms with Gasteiger partial charge in [0.05, 0.1) is 5.56 Å². The fourth-order valence-corrected chi connectivity index (χ4v) is 3.71. The van der Waals surface area contributed by atoms with Crippen molar-refractivity contribution in [3.63, 3.8) is 0 Å². The van der Waals surface area contributed by atoms with E-state index in [1.807, 2.05) is 24.0 Å². The molecule has 0 bridgehead atoms. The first-order chi connectivity index (χ1) is 12.1. The first-order valence-electron chi connectivity index (χ1n) is 8.81. The third-order valence-electron chi connectivity index (χ3n) is 5.04. The lowest BCUT2D eigenvalue weighted by molar-refractivity contribution is -0.127. The molecule has 4 rings (SSSR count). The molecule has 2 aliphatic rings. The van der Waals surface area contributed by atoms with Gasteiger partial charge in [0.1, 0.15) is 18.1 Å². The maximum Gasteiger partial charge on any atom is 0.336 e. The van der Waals surface area contributed by atoms with E-state index in [2.05, 4.69) is 4.90 Å². The molecule has 2 aromatic rings. The van der Waals surface area contributed by atoms with Crippen LogP contribution in [0.3, 0.4) is 0 Å². The molecule has 25 heavy (non-hydrogen) atoms. The standard InChI is InChI=1S/C19H22N2O4/c1-13-10-18(23)25-19-14(13)5-6-16-15(19)11-20(12-24-16)7-3-9-21-8-2-4-17(21)22/h5-6,10H,2-4,7-9,11-12H2,1H3. The maximum atomic E-state index is 11.8. The van der Waals surface area contributed by atoms with Gasteiger partial charge < -0.3 is 14.1 Å². The number of carbonyl (C=O) groups excluding carboxylic acids is 1. The Balaban J connectivity index is 1.49. The number of benzene rings is 1. The molecule has 0 aliphatic carbocycles. The van der Waals surface area contributed by atoms with Gasteiger partial charge in [-0.05, 0) is 37.5 Å². The molecule has 0 radical (unpaired) electrons. The van der Waals surface area contributed by atoms with Crippen LogP contribution < -0.4 is 10.4 Å². The van der Waals surface area contributed by atoms with Gasteiger partial charge in [0.15, 0.2) is 0 Å². The second kappa shape index (κ2) is 6.52. The molecule has 1 saturated heterocycles. The number of hydrogen-bond donors (Lipinski definition) is 0. The predicted molar refractivity (Wildman–Crippen MR) is 93.6 cm³/mol. The van der Waals surface area contributed by atoms with Gasteiger partial charge in [-0.3, -0.25) is 9.69 Å². The van der Waals surface area contributed by atoms with Gasteiger partial charge in [-0.25, -0.2) is 4.79 Å². The van der Waals surface area contributed by atoms with E-state index in [9.17, 15) is 9.59 Å². The van der Waals surface area contributed by atoms with Crippen LogP contribution in [0.5, 0.6) is 5.75 Å². The summed E-state index contributed by atoms with van der Waals surface area (Å²) in [4.78, 5) is 27.6. The van der Waals surface area contributed by atoms with E-state index in [1.165, 1.54) is 6.07 Å². The number of amides is 1. The van der Waals surface area contributed by atoms with Crippen molar-refractivity contribution < 1.29 is 13.9 Å². The highest BCUT2D eigenvalue weighted by atomic mass is 16.5. The molecular weight excluding hydrogens is 320 g/mol. The minimum absolute atomic E-state index is 0.267. The fourth-order valence-electron chi connectivity index (χ4n) is 3.71. The van der Waals surface area contributed by atoms with Gasteiger partial charge in [0.2, 0.25) is 5.91 Å². The summed E-state index contributed by atoms with van der Waals surface area (Å²) < 4.78 is 11.3. The number of rotatable bonds is 4. The quantitative estimate of drug-likeness (QED) is 0.798. The summed E-state index contributed by atoms with van der Waals surface area (Å²) in [6.07, 6.45) is 2.58. The average Bonchev–Trinajstić information content (AvgIpc) is 3.00. The molecular formula is C19H22N2O4. The fraction of sp³-hybridized carbons (Fsp3) is 0.474. The van der Waals surface area contributed by atoms with Crippen LogP contribution >= 0.6 is 0 Å². The number of carbonyl (C=O) groups is 1. The van der Waals surface area contributed by atoms with Crippen molar-refractivity contribution in [3.05, 3.63) is 39.7 Å². The molecule has 3 heterocycles. The zero-order valence-electron chi connectivity index (χ0n) is 14.4. The van der Waals surface area contributed by atoms with Crippen molar-refractivity contribution in [2.75, 3.05) is 26.4 Å². The van der Waals surface area contributed by atoms with Crippen LogP contribution in [0, 0.1) is 6.92 Å². The highest BCUT2D eigenvalue weighted by molar-refractivity contribution is 5.85. The Labute approximate surface area is 146 Å². The van der Waals surface area contributed by atoms with Crippen molar-refractivity contribution >= 4 is 16.9 Å². The Morgan fingerprint density at radius 2 is 2.08 bits per heavy atom. The third-order valence-corrected chi connectivity index (χ3v) is 5.04. The van der Waals surface area contributed by atoms with Crippen LogP contribution in [0.2, 0.25) is 0 Å². The number of aryl methyl sites for hydroxylation is 1. The van der Waals surface area contributed by atoms with E-state index in [-0.39, 0.29) is 11.5 Å². The van der Waals surface area contributed by atoms with Crippen molar-refractivity contribution in [1.29, 1.82) is 0 Å². The summed E-state index contributed by atoms with van der Waals surface area (Å²) >= 11 is 0. The maximum absolute atomic E-state index is 11.8. The molecule has 0 saturated carbocycles. The summed E-state index contributed by atoms with van der Waals surface area (Å²) in [7, 11) is 0. The van der Waals surface area contributed by atoms with E-state index in [4.69, 9.17) is 9.15 Å². The minimum atomic E-state index is -0.330. The van der Waals surface area contributed by atoms with E-state index in [0.29, 0.717) is 25.3 Å². The van der Waals surface area contributed by atoms with E-state index in [0.717, 1.165) is 54.7 Å². The first kappa shape index (κ1) is 16.1. The topological polar surface area (TPSA) is 63.0 Å². The van der Waals surface area contributed by atoms with Gasteiger partial charge in [0, 0.05) is 44.1 Å². The molecule has 0 atom stereocenters. The van der Waals surface area contributed by atoms with Crippen molar-refractivity contribution in [3.8, 4) is 5.75 Å². The van der Waals surface area contributed by atoms with Gasteiger partial charge in [-0.2, -0.15) is 0 Å². The lowest BCUT2D eigenvalue weighted by atomic mass is 10.0. The largest absolute Gasteiger partial charge is 0.478 e. The minimum Gasteiger partial charge on any atom is -0.478 e. The summed E-state index contributed by atoms with van der Waals surface area (Å²) in [5.74, 6) is 1.05. The Kier molecular flexibility index (Phi) is 4.21. The van der Waals surface area contributed by atoms with Crippen LogP contribution in [0.25, 0.3) is 11.0 Å². The van der Waals surface area contributed by atoms with Crippen molar-refractivity contribution in [2.24, 2.45) is 0 Å². The zero-order chi connectivity index (χ0) is 17.4. The lowest BCUT2D eigenvalue weighted by Gasteiger charge is -2.29. The molecule has 1 aromatic carbocycles. The first-order valence-corrected chi connectivity index (χ1v) is 8.81. The molecule has 1 aromatic heterocycles. The van der Waals surface area contributed by atoms with E-state index in [1.54, 1.807) is 0 Å². The average molecular weight is 342 g/mol. The van der Waals surface area contributed by atoms with Gasteiger partial charge >= 0.3 is 5.63 Å². The van der Waals surface area contributed by atoms with Gasteiger partial charge in [-0.15, -0.1) is 0 Å². The monoisotopic (exact) mass is 342 g/mol. The number of fused-ring (bicyclic) bond motifs is 3. The lowest BCUT2D eigenvalue weighted by Crippen LogP contribution is -2.35. The van der Waals surface area contributed by atoms with Crippen LogP contribution in [-0.2, 0) is 11.3 Å². The third kappa shape index (κ3) is 3.14. The second-order valence-electron chi connectivity index (χ2n) is 6.83. The highest BCUT2D eigenvalue weighted by Crippen LogP contribution is 2.32. The summed E-state index contributed by atoms with van der Waals surface area (Å²) in [6, 6.07) is 5.41.